The Labute approximate surface area is 155 Å². The predicted octanol–water partition coefficient (Wildman–Crippen LogP) is 3.20. The maximum atomic E-state index is 12.4. The van der Waals surface area contributed by atoms with Gasteiger partial charge in [-0.1, -0.05) is 6.58 Å². The van der Waals surface area contributed by atoms with Crippen LogP contribution in [-0.4, -0.2) is 54.7 Å². The van der Waals surface area contributed by atoms with E-state index in [9.17, 15) is 9.59 Å². The summed E-state index contributed by atoms with van der Waals surface area (Å²) in [7, 11) is 0.513. The fraction of sp³-hybridized carbons (Fsp3) is 0.556. The van der Waals surface area contributed by atoms with E-state index >= 15 is 0 Å². The van der Waals surface area contributed by atoms with Crippen molar-refractivity contribution in [3.05, 3.63) is 34.7 Å². The summed E-state index contributed by atoms with van der Waals surface area (Å²) in [6.07, 6.45) is 1.80. The van der Waals surface area contributed by atoms with Gasteiger partial charge in [0.25, 0.3) is 0 Å². The molecule has 0 N–H and O–H groups in total. The zero-order valence-electron chi connectivity index (χ0n) is 17.1. The first-order chi connectivity index (χ1) is 11.3. The van der Waals surface area contributed by atoms with Gasteiger partial charge in [0.1, 0.15) is 12.2 Å². The molecule has 0 rings (SSSR count). The van der Waals surface area contributed by atoms with Crippen LogP contribution in [0.4, 0.5) is 0 Å². The second kappa shape index (κ2) is 9.89. The highest BCUT2D eigenvalue weighted by atomic mass is 28.4. The number of ketones is 1. The van der Waals surface area contributed by atoms with Crippen molar-refractivity contribution in [3.63, 3.8) is 0 Å². The van der Waals surface area contributed by atoms with E-state index in [4.69, 9.17) is 8.85 Å². The lowest BCUT2D eigenvalue weighted by Gasteiger charge is -2.27. The van der Waals surface area contributed by atoms with Crippen LogP contribution in [-0.2, 0) is 18.4 Å². The summed E-state index contributed by atoms with van der Waals surface area (Å²) in [6, 6.07) is 0. The van der Waals surface area contributed by atoms with Crippen molar-refractivity contribution >= 4 is 29.1 Å². The molecular weight excluding hydrogens is 350 g/mol. The fourth-order valence-electron chi connectivity index (χ4n) is 2.17. The molecule has 25 heavy (non-hydrogen) atoms. The average molecular weight is 384 g/mol. The summed E-state index contributed by atoms with van der Waals surface area (Å²) in [5.74, 6) is -0.918. The van der Waals surface area contributed by atoms with E-state index in [1.54, 1.807) is 13.0 Å². The topological polar surface area (TPSA) is 55.8 Å². The molecule has 0 saturated carbocycles. The van der Waals surface area contributed by atoms with Crippen LogP contribution in [0.5, 0.6) is 0 Å². The normalized spacial score (nSPS) is 13.4. The minimum atomic E-state index is -2.10. The first kappa shape index (κ1) is 23.6. The number of rotatable bonds is 9. The third-order valence-corrected chi connectivity index (χ3v) is 9.93. The van der Waals surface area contributed by atoms with E-state index in [0.717, 1.165) is 10.9 Å². The summed E-state index contributed by atoms with van der Waals surface area (Å²) in [4.78, 5) is 26.3. The van der Waals surface area contributed by atoms with Gasteiger partial charge in [-0.15, -0.1) is 0 Å². The van der Waals surface area contributed by atoms with Gasteiger partial charge >= 0.3 is 5.97 Å². The average Bonchev–Trinajstić information content (AvgIpc) is 2.42. The molecule has 0 aliphatic carbocycles. The van der Waals surface area contributed by atoms with Gasteiger partial charge in [0, 0.05) is 19.8 Å². The third kappa shape index (κ3) is 7.98. The first-order valence-corrected chi connectivity index (χ1v) is 14.1. The monoisotopic (exact) mass is 383 g/mol. The standard InChI is InChI=1S/C18H33NO4Si2/c1-13(11-14(2)19(5)6)17(16(4)20)18(21)22-12-15(3)25(9,10)23-24(7)8/h11,24H,3,12H2,1-2,4-10H3/b14-11-,17-13+. The number of Topliss-reactive ketones (excluding diaryl/α,β-unsaturated/α-hetero) is 1. The summed E-state index contributed by atoms with van der Waals surface area (Å²) < 4.78 is 11.4. The summed E-state index contributed by atoms with van der Waals surface area (Å²) in [5, 5.41) is 0.808. The molecule has 142 valence electrons. The molecule has 0 fully saturated rings. The van der Waals surface area contributed by atoms with E-state index < -0.39 is 23.3 Å². The molecule has 0 spiro atoms. The van der Waals surface area contributed by atoms with Crippen molar-refractivity contribution in [3.8, 4) is 0 Å². The minimum Gasteiger partial charge on any atom is -0.458 e. The summed E-state index contributed by atoms with van der Waals surface area (Å²) in [5.41, 5.74) is 1.61. The molecule has 0 aliphatic heterocycles. The van der Waals surface area contributed by atoms with Crippen molar-refractivity contribution in [2.75, 3.05) is 20.7 Å². The van der Waals surface area contributed by atoms with Crippen LogP contribution in [0.2, 0.25) is 26.2 Å². The maximum absolute atomic E-state index is 12.4. The van der Waals surface area contributed by atoms with E-state index in [1.165, 1.54) is 6.92 Å². The van der Waals surface area contributed by atoms with Crippen LogP contribution in [0, 0.1) is 0 Å². The molecule has 0 amide bonds. The van der Waals surface area contributed by atoms with E-state index in [1.807, 2.05) is 39.0 Å². The van der Waals surface area contributed by atoms with E-state index in [0.29, 0.717) is 5.57 Å². The molecule has 5 nitrogen and oxygen atoms in total. The second-order valence-electron chi connectivity index (χ2n) is 7.15. The number of carbonyl (C=O) groups is 2. The number of carbonyl (C=O) groups excluding carboxylic acids is 2. The highest BCUT2D eigenvalue weighted by Gasteiger charge is 2.29. The number of allylic oxidation sites excluding steroid dienone is 3. The van der Waals surface area contributed by atoms with Crippen LogP contribution in [0.3, 0.4) is 0 Å². The molecule has 0 heterocycles. The number of nitrogens with zero attached hydrogens (tertiary/aromatic N) is 1. The van der Waals surface area contributed by atoms with Crippen molar-refractivity contribution < 1.29 is 18.4 Å². The SMILES string of the molecule is C=C(COC(=O)/C(C(C)=O)=C(C)/C=C(/C)N(C)C)[Si](C)(C)O[SiH](C)C. The van der Waals surface area contributed by atoms with Crippen LogP contribution >= 0.6 is 0 Å². The molecule has 0 saturated heterocycles. The first-order valence-electron chi connectivity index (χ1n) is 8.40. The number of hydrogen-bond donors (Lipinski definition) is 0. The molecule has 0 aromatic rings. The fourth-order valence-corrected chi connectivity index (χ4v) is 7.97. The number of esters is 1. The Balaban J connectivity index is 5.26. The third-order valence-electron chi connectivity index (χ3n) is 3.84. The van der Waals surface area contributed by atoms with E-state index in [-0.39, 0.29) is 18.0 Å². The second-order valence-corrected chi connectivity index (χ2v) is 13.9. The largest absolute Gasteiger partial charge is 0.458 e. The number of ether oxygens (including phenoxy) is 1. The zero-order valence-corrected chi connectivity index (χ0v) is 19.3. The molecule has 0 bridgehead atoms. The molecule has 0 radical (unpaired) electrons. The lowest BCUT2D eigenvalue weighted by molar-refractivity contribution is -0.139. The van der Waals surface area contributed by atoms with E-state index in [2.05, 4.69) is 19.7 Å². The van der Waals surface area contributed by atoms with Gasteiger partial charge in [-0.2, -0.15) is 0 Å². The summed E-state index contributed by atoms with van der Waals surface area (Å²) in [6.45, 7) is 17.5. The maximum Gasteiger partial charge on any atom is 0.342 e. The Kier molecular flexibility index (Phi) is 9.32. The smallest absolute Gasteiger partial charge is 0.342 e. The molecule has 0 aromatic carbocycles. The molecule has 0 atom stereocenters. The Morgan fingerprint density at radius 1 is 1.16 bits per heavy atom. The molecule has 7 heteroatoms. The van der Waals surface area contributed by atoms with Crippen molar-refractivity contribution in [1.29, 1.82) is 0 Å². The van der Waals surface area contributed by atoms with Crippen LogP contribution < -0.4 is 0 Å². The lowest BCUT2D eigenvalue weighted by Crippen LogP contribution is -2.39. The van der Waals surface area contributed by atoms with Gasteiger partial charge in [0.15, 0.2) is 14.8 Å². The minimum absolute atomic E-state index is 0.0765. The number of hydrogen-bond acceptors (Lipinski definition) is 5. The molecule has 0 unspecified atom stereocenters. The molecule has 0 aromatic heterocycles. The van der Waals surface area contributed by atoms with Gasteiger partial charge in [0.2, 0.25) is 8.32 Å². The van der Waals surface area contributed by atoms with Crippen molar-refractivity contribution in [2.45, 2.75) is 47.0 Å². The summed E-state index contributed by atoms with van der Waals surface area (Å²) >= 11 is 0. The Morgan fingerprint density at radius 3 is 2.08 bits per heavy atom. The Hall–Kier alpha value is -1.45. The quantitative estimate of drug-likeness (QED) is 0.153. The van der Waals surface area contributed by atoms with Gasteiger partial charge in [-0.05, 0) is 63.8 Å². The zero-order chi connectivity index (χ0) is 19.9. The van der Waals surface area contributed by atoms with Crippen LogP contribution in [0.25, 0.3) is 0 Å². The molecule has 0 aliphatic rings. The highest BCUT2D eigenvalue weighted by Crippen LogP contribution is 2.18. The van der Waals surface area contributed by atoms with Crippen molar-refractivity contribution in [2.24, 2.45) is 0 Å². The lowest BCUT2D eigenvalue weighted by atomic mass is 10.1. The predicted molar refractivity (Wildman–Crippen MR) is 108 cm³/mol. The van der Waals surface area contributed by atoms with Crippen LogP contribution in [0.15, 0.2) is 34.7 Å². The van der Waals surface area contributed by atoms with Gasteiger partial charge in [-0.25, -0.2) is 4.79 Å². The van der Waals surface area contributed by atoms with Gasteiger partial charge < -0.3 is 13.8 Å². The van der Waals surface area contributed by atoms with Gasteiger partial charge in [0.05, 0.1) is 0 Å². The highest BCUT2D eigenvalue weighted by molar-refractivity contribution is 6.83. The van der Waals surface area contributed by atoms with Crippen molar-refractivity contribution in [1.82, 2.24) is 4.90 Å². The van der Waals surface area contributed by atoms with Gasteiger partial charge in [-0.3, -0.25) is 4.79 Å². The molecular formula is C18H33NO4Si2. The Morgan fingerprint density at radius 2 is 1.68 bits per heavy atom. The van der Waals surface area contributed by atoms with Crippen LogP contribution in [0.1, 0.15) is 20.8 Å². The Bertz CT molecular complexity index is 590.